The van der Waals surface area contributed by atoms with Crippen molar-refractivity contribution in [2.45, 2.75) is 32.7 Å². The second-order valence-corrected chi connectivity index (χ2v) is 3.96. The molecule has 1 aromatic rings. The Hall–Kier alpha value is -1.23. The molecule has 1 heterocycles. The number of rotatable bonds is 6. The van der Waals surface area contributed by atoms with Crippen molar-refractivity contribution in [1.82, 2.24) is 20.3 Å². The van der Waals surface area contributed by atoms with Crippen molar-refractivity contribution in [2.24, 2.45) is 7.05 Å². The van der Waals surface area contributed by atoms with Gasteiger partial charge in [0.05, 0.1) is 12.1 Å². The van der Waals surface area contributed by atoms with E-state index in [2.05, 4.69) is 29.5 Å². The fraction of sp³-hybridized carbons (Fsp3) is 0.700. The minimum absolute atomic E-state index is 0.198. The molecule has 0 fully saturated rings. The molecule has 1 rings (SSSR count). The van der Waals surface area contributed by atoms with Crippen LogP contribution in [0.2, 0.25) is 0 Å². The maximum atomic E-state index is 11.5. The highest BCUT2D eigenvalue weighted by atomic mass is 16.1. The van der Waals surface area contributed by atoms with Crippen molar-refractivity contribution in [3.63, 3.8) is 0 Å². The van der Waals surface area contributed by atoms with Gasteiger partial charge in [0, 0.05) is 32.3 Å². The topological polar surface area (TPSA) is 59.8 Å². The quantitative estimate of drug-likeness (QED) is 0.734. The molecule has 1 N–H and O–H groups in total. The second-order valence-electron chi connectivity index (χ2n) is 3.96. The monoisotopic (exact) mass is 210 g/mol. The summed E-state index contributed by atoms with van der Waals surface area (Å²) in [6.45, 7) is 4.86. The van der Waals surface area contributed by atoms with Crippen LogP contribution in [0.5, 0.6) is 0 Å². The summed E-state index contributed by atoms with van der Waals surface area (Å²) in [7, 11) is 1.79. The normalized spacial score (nSPS) is 10.9. The van der Waals surface area contributed by atoms with Gasteiger partial charge in [-0.3, -0.25) is 9.48 Å². The maximum absolute atomic E-state index is 11.5. The van der Waals surface area contributed by atoms with Crippen LogP contribution in [0.1, 0.15) is 26.0 Å². The molecule has 0 aromatic carbocycles. The van der Waals surface area contributed by atoms with Gasteiger partial charge in [-0.05, 0) is 0 Å². The first-order chi connectivity index (χ1) is 7.08. The van der Waals surface area contributed by atoms with Crippen LogP contribution in [0.3, 0.4) is 0 Å². The summed E-state index contributed by atoms with van der Waals surface area (Å²) < 4.78 is 1.61. The number of carbonyl (C=O) groups excluding carboxylic acids is 1. The van der Waals surface area contributed by atoms with Crippen LogP contribution in [0.15, 0.2) is 6.20 Å². The standard InChI is InChI=1S/C10H18N4O/c1-8(2)11-5-4-10(15)6-9-7-14(3)13-12-9/h7-8,11H,4-6H2,1-3H3. The van der Waals surface area contributed by atoms with Gasteiger partial charge in [0.15, 0.2) is 0 Å². The Labute approximate surface area is 89.9 Å². The molecular formula is C10H18N4O. The lowest BCUT2D eigenvalue weighted by atomic mass is 10.2. The van der Waals surface area contributed by atoms with Gasteiger partial charge in [-0.15, -0.1) is 5.10 Å². The molecule has 84 valence electrons. The molecule has 0 atom stereocenters. The van der Waals surface area contributed by atoms with Crippen LogP contribution in [0, 0.1) is 0 Å². The van der Waals surface area contributed by atoms with Crippen LogP contribution in [0.4, 0.5) is 0 Å². The molecule has 0 amide bonds. The molecule has 0 aliphatic carbocycles. The average molecular weight is 210 g/mol. The Kier molecular flexibility index (Phi) is 4.42. The third kappa shape index (κ3) is 4.69. The average Bonchev–Trinajstić information content (AvgIpc) is 2.50. The number of ketones is 1. The fourth-order valence-corrected chi connectivity index (χ4v) is 1.27. The fourth-order valence-electron chi connectivity index (χ4n) is 1.27. The van der Waals surface area contributed by atoms with Gasteiger partial charge in [-0.2, -0.15) is 0 Å². The third-order valence-corrected chi connectivity index (χ3v) is 1.98. The van der Waals surface area contributed by atoms with Crippen molar-refractivity contribution in [1.29, 1.82) is 0 Å². The van der Waals surface area contributed by atoms with Crippen molar-refractivity contribution < 1.29 is 4.79 Å². The highest BCUT2D eigenvalue weighted by Gasteiger charge is 2.06. The lowest BCUT2D eigenvalue weighted by Crippen LogP contribution is -2.25. The molecule has 0 aliphatic heterocycles. The first-order valence-electron chi connectivity index (χ1n) is 5.18. The van der Waals surface area contributed by atoms with Gasteiger partial charge in [0.25, 0.3) is 0 Å². The maximum Gasteiger partial charge on any atom is 0.140 e. The number of nitrogens with zero attached hydrogens (tertiary/aromatic N) is 3. The van der Waals surface area contributed by atoms with Gasteiger partial charge in [-0.1, -0.05) is 19.1 Å². The first-order valence-corrected chi connectivity index (χ1v) is 5.18. The smallest absolute Gasteiger partial charge is 0.140 e. The zero-order valence-electron chi connectivity index (χ0n) is 9.53. The van der Waals surface area contributed by atoms with Crippen LogP contribution >= 0.6 is 0 Å². The Balaban J connectivity index is 2.24. The predicted octanol–water partition coefficient (Wildman–Crippen LogP) is 0.315. The summed E-state index contributed by atoms with van der Waals surface area (Å²) in [5.74, 6) is 0.198. The van der Waals surface area contributed by atoms with E-state index in [9.17, 15) is 4.79 Å². The first kappa shape index (κ1) is 11.8. The molecule has 5 nitrogen and oxygen atoms in total. The van der Waals surface area contributed by atoms with Crippen LogP contribution in [-0.4, -0.2) is 33.4 Å². The van der Waals surface area contributed by atoms with E-state index in [4.69, 9.17) is 0 Å². The molecule has 1 aromatic heterocycles. The van der Waals surface area contributed by atoms with Gasteiger partial charge < -0.3 is 5.32 Å². The van der Waals surface area contributed by atoms with Gasteiger partial charge in [0.2, 0.25) is 0 Å². The number of nitrogens with one attached hydrogen (secondary N) is 1. The molecule has 5 heteroatoms. The second kappa shape index (κ2) is 5.60. The van der Waals surface area contributed by atoms with Gasteiger partial charge in [0.1, 0.15) is 5.78 Å². The van der Waals surface area contributed by atoms with E-state index >= 15 is 0 Å². The van der Waals surface area contributed by atoms with Gasteiger partial charge in [-0.25, -0.2) is 0 Å². The van der Waals surface area contributed by atoms with Crippen LogP contribution < -0.4 is 5.32 Å². The zero-order valence-corrected chi connectivity index (χ0v) is 9.53. The van der Waals surface area contributed by atoms with E-state index in [1.807, 2.05) is 0 Å². The number of Topliss-reactive ketones (excluding diaryl/α,β-unsaturated/α-hetero) is 1. The van der Waals surface area contributed by atoms with Crippen LogP contribution in [0.25, 0.3) is 0 Å². The van der Waals surface area contributed by atoms with Gasteiger partial charge >= 0.3 is 0 Å². The Morgan fingerprint density at radius 2 is 2.33 bits per heavy atom. The summed E-state index contributed by atoms with van der Waals surface area (Å²) in [6.07, 6.45) is 2.70. The number of hydrogen-bond acceptors (Lipinski definition) is 4. The predicted molar refractivity (Wildman–Crippen MR) is 57.5 cm³/mol. The van der Waals surface area contributed by atoms with Crippen molar-refractivity contribution in [3.8, 4) is 0 Å². The number of aryl methyl sites for hydroxylation is 1. The summed E-state index contributed by atoms with van der Waals surface area (Å²) >= 11 is 0. The number of hydrogen-bond donors (Lipinski definition) is 1. The van der Waals surface area contributed by atoms with E-state index in [-0.39, 0.29) is 5.78 Å². The molecule has 0 radical (unpaired) electrons. The van der Waals surface area contributed by atoms with Crippen molar-refractivity contribution in [3.05, 3.63) is 11.9 Å². The Morgan fingerprint density at radius 3 is 2.87 bits per heavy atom. The lowest BCUT2D eigenvalue weighted by Gasteiger charge is -2.06. The van der Waals surface area contributed by atoms with E-state index in [0.717, 1.165) is 12.2 Å². The van der Waals surface area contributed by atoms with Crippen molar-refractivity contribution >= 4 is 5.78 Å². The minimum atomic E-state index is 0.198. The molecule has 0 unspecified atom stereocenters. The summed E-state index contributed by atoms with van der Waals surface area (Å²) in [5.41, 5.74) is 0.743. The molecule has 0 aliphatic rings. The molecule has 0 saturated heterocycles. The highest BCUT2D eigenvalue weighted by molar-refractivity contribution is 5.80. The highest BCUT2D eigenvalue weighted by Crippen LogP contribution is 1.96. The SMILES string of the molecule is CC(C)NCCC(=O)Cc1cn(C)nn1. The molecule has 15 heavy (non-hydrogen) atoms. The zero-order chi connectivity index (χ0) is 11.3. The molecule has 0 bridgehead atoms. The van der Waals surface area contributed by atoms with E-state index in [1.54, 1.807) is 17.9 Å². The van der Waals surface area contributed by atoms with Crippen LogP contribution in [-0.2, 0) is 18.3 Å². The van der Waals surface area contributed by atoms with Crippen molar-refractivity contribution in [2.75, 3.05) is 6.54 Å². The lowest BCUT2D eigenvalue weighted by molar-refractivity contribution is -0.118. The summed E-state index contributed by atoms with van der Waals surface area (Å²) in [4.78, 5) is 11.5. The largest absolute Gasteiger partial charge is 0.314 e. The Morgan fingerprint density at radius 1 is 1.60 bits per heavy atom. The summed E-state index contributed by atoms with van der Waals surface area (Å²) in [5, 5.41) is 10.9. The van der Waals surface area contributed by atoms with E-state index in [0.29, 0.717) is 18.9 Å². The molecule has 0 saturated carbocycles. The summed E-state index contributed by atoms with van der Waals surface area (Å²) in [6, 6.07) is 0.425. The Bertz CT molecular complexity index is 319. The van der Waals surface area contributed by atoms with E-state index in [1.165, 1.54) is 0 Å². The number of carbonyl (C=O) groups is 1. The minimum Gasteiger partial charge on any atom is -0.314 e. The molecule has 0 spiro atoms. The van der Waals surface area contributed by atoms with E-state index < -0.39 is 0 Å². The number of aromatic nitrogens is 3. The third-order valence-electron chi connectivity index (χ3n) is 1.98. The molecular weight excluding hydrogens is 192 g/mol.